The second-order valence-corrected chi connectivity index (χ2v) is 6.65. The number of aromatic nitrogens is 2. The second kappa shape index (κ2) is 9.60. The number of halogens is 4. The summed E-state index contributed by atoms with van der Waals surface area (Å²) in [5.41, 5.74) is -0.686. The maximum Gasteiger partial charge on any atom is 0.416 e. The third kappa shape index (κ3) is 5.70. The molecule has 0 aliphatic rings. The molecule has 2 aromatic carbocycles. The van der Waals surface area contributed by atoms with Gasteiger partial charge in [-0.05, 0) is 24.3 Å². The van der Waals surface area contributed by atoms with Crippen LogP contribution in [0, 0.1) is 0 Å². The summed E-state index contributed by atoms with van der Waals surface area (Å²) in [6, 6.07) is 7.86. The van der Waals surface area contributed by atoms with Gasteiger partial charge in [-0.1, -0.05) is 17.7 Å². The average molecular weight is 468 g/mol. The zero-order valence-corrected chi connectivity index (χ0v) is 17.5. The van der Waals surface area contributed by atoms with E-state index in [1.807, 2.05) is 0 Å². The van der Waals surface area contributed by atoms with E-state index >= 15 is 0 Å². The Kier molecular flexibility index (Phi) is 6.89. The van der Waals surface area contributed by atoms with Gasteiger partial charge in [-0.15, -0.1) is 0 Å². The maximum atomic E-state index is 12.8. The van der Waals surface area contributed by atoms with Crippen LogP contribution in [0.3, 0.4) is 0 Å². The van der Waals surface area contributed by atoms with Crippen LogP contribution in [0.5, 0.6) is 17.4 Å². The molecule has 0 radical (unpaired) electrons. The van der Waals surface area contributed by atoms with Gasteiger partial charge in [0, 0.05) is 30.6 Å². The summed E-state index contributed by atoms with van der Waals surface area (Å²) in [5, 5.41) is 7.77. The molecule has 0 aliphatic carbocycles. The first-order valence-electron chi connectivity index (χ1n) is 9.00. The van der Waals surface area contributed by atoms with Crippen LogP contribution in [0.4, 0.5) is 35.2 Å². The molecule has 0 unspecified atom stereocenters. The largest absolute Gasteiger partial charge is 0.493 e. The number of hydrogen-bond donors (Lipinski definition) is 3. The number of carbonyl (C=O) groups excluding carboxylic acids is 1. The number of urea groups is 1. The Labute approximate surface area is 185 Å². The molecule has 3 rings (SSSR count). The Bertz CT molecular complexity index is 1130. The number of amides is 2. The topological polar surface area (TPSA) is 97.4 Å². The lowest BCUT2D eigenvalue weighted by Gasteiger charge is -2.15. The Morgan fingerprint density at radius 1 is 1.06 bits per heavy atom. The van der Waals surface area contributed by atoms with E-state index in [9.17, 15) is 18.0 Å². The van der Waals surface area contributed by atoms with Gasteiger partial charge in [0.15, 0.2) is 11.5 Å². The van der Waals surface area contributed by atoms with Crippen molar-refractivity contribution in [2.24, 2.45) is 0 Å². The highest BCUT2D eigenvalue weighted by Crippen LogP contribution is 2.40. The minimum atomic E-state index is -4.53. The molecule has 0 saturated carbocycles. The molecule has 168 valence electrons. The van der Waals surface area contributed by atoms with Crippen LogP contribution in [0.25, 0.3) is 0 Å². The molecule has 0 fully saturated rings. The SMILES string of the molecule is CNc1cc(Oc2c(Cl)cc(NC(=O)Nc3cccc(C(F)(F)F)c3)cc2OC)ncn1. The molecule has 0 spiro atoms. The summed E-state index contributed by atoms with van der Waals surface area (Å²) in [5.74, 6) is 1.07. The molecular weight excluding hydrogens is 451 g/mol. The number of carbonyl (C=O) groups is 1. The number of rotatable bonds is 6. The smallest absolute Gasteiger partial charge is 0.416 e. The van der Waals surface area contributed by atoms with E-state index in [0.29, 0.717) is 5.82 Å². The molecule has 8 nitrogen and oxygen atoms in total. The molecule has 0 atom stereocenters. The van der Waals surface area contributed by atoms with Crippen LogP contribution in [0.1, 0.15) is 5.56 Å². The van der Waals surface area contributed by atoms with Crippen molar-refractivity contribution in [2.45, 2.75) is 6.18 Å². The van der Waals surface area contributed by atoms with Gasteiger partial charge in [0.1, 0.15) is 12.1 Å². The molecule has 0 saturated heterocycles. The number of alkyl halides is 3. The Morgan fingerprint density at radius 3 is 2.50 bits per heavy atom. The highest BCUT2D eigenvalue weighted by molar-refractivity contribution is 6.32. The average Bonchev–Trinajstić information content (AvgIpc) is 2.75. The van der Waals surface area contributed by atoms with Crippen molar-refractivity contribution in [1.29, 1.82) is 0 Å². The van der Waals surface area contributed by atoms with Gasteiger partial charge in [0.25, 0.3) is 0 Å². The molecule has 1 aromatic heterocycles. The van der Waals surface area contributed by atoms with Crippen molar-refractivity contribution in [2.75, 3.05) is 30.1 Å². The minimum Gasteiger partial charge on any atom is -0.493 e. The maximum absolute atomic E-state index is 12.8. The highest BCUT2D eigenvalue weighted by atomic mass is 35.5. The highest BCUT2D eigenvalue weighted by Gasteiger charge is 2.30. The third-order valence-corrected chi connectivity index (χ3v) is 4.32. The lowest BCUT2D eigenvalue weighted by molar-refractivity contribution is -0.137. The van der Waals surface area contributed by atoms with Crippen LogP contribution in [0.15, 0.2) is 48.8 Å². The quantitative estimate of drug-likeness (QED) is 0.434. The number of anilines is 3. The fourth-order valence-electron chi connectivity index (χ4n) is 2.59. The molecule has 2 amide bonds. The van der Waals surface area contributed by atoms with Gasteiger partial charge in [0.05, 0.1) is 17.7 Å². The lowest BCUT2D eigenvalue weighted by atomic mass is 10.2. The summed E-state index contributed by atoms with van der Waals surface area (Å²) in [6.45, 7) is 0. The number of nitrogens with one attached hydrogen (secondary N) is 3. The van der Waals surface area contributed by atoms with Gasteiger partial charge >= 0.3 is 12.2 Å². The molecule has 0 aliphatic heterocycles. The number of methoxy groups -OCH3 is 1. The normalized spacial score (nSPS) is 10.9. The number of ether oxygens (including phenoxy) is 2. The third-order valence-electron chi connectivity index (χ3n) is 4.04. The summed E-state index contributed by atoms with van der Waals surface area (Å²) >= 11 is 6.29. The van der Waals surface area contributed by atoms with Crippen molar-refractivity contribution >= 4 is 34.8 Å². The van der Waals surface area contributed by atoms with Crippen LogP contribution >= 0.6 is 11.6 Å². The first-order chi connectivity index (χ1) is 15.2. The van der Waals surface area contributed by atoms with E-state index in [-0.39, 0.29) is 33.8 Å². The first-order valence-corrected chi connectivity index (χ1v) is 9.38. The number of nitrogens with zero attached hydrogens (tertiary/aromatic N) is 2. The van der Waals surface area contributed by atoms with E-state index in [2.05, 4.69) is 25.9 Å². The lowest BCUT2D eigenvalue weighted by Crippen LogP contribution is -2.20. The van der Waals surface area contributed by atoms with E-state index in [0.717, 1.165) is 12.1 Å². The van der Waals surface area contributed by atoms with Crippen molar-refractivity contribution in [3.63, 3.8) is 0 Å². The van der Waals surface area contributed by atoms with Crippen molar-refractivity contribution in [1.82, 2.24) is 9.97 Å². The zero-order valence-electron chi connectivity index (χ0n) is 16.7. The van der Waals surface area contributed by atoms with Crippen molar-refractivity contribution in [3.05, 3.63) is 59.4 Å². The van der Waals surface area contributed by atoms with Crippen LogP contribution in [0.2, 0.25) is 5.02 Å². The van der Waals surface area contributed by atoms with Gasteiger partial charge in [0.2, 0.25) is 5.88 Å². The van der Waals surface area contributed by atoms with Crippen molar-refractivity contribution < 1.29 is 27.4 Å². The summed E-state index contributed by atoms with van der Waals surface area (Å²) in [4.78, 5) is 20.2. The molecule has 12 heteroatoms. The standard InChI is InChI=1S/C20H17ClF3N5O3/c1-25-16-9-17(27-10-26-16)32-18-14(21)7-13(8-15(18)31-2)29-19(30)28-12-5-3-4-11(6-12)20(22,23)24/h3-10H,1-2H3,(H,25,26,27)(H2,28,29,30). The summed E-state index contributed by atoms with van der Waals surface area (Å²) in [6.07, 6.45) is -3.22. The monoisotopic (exact) mass is 467 g/mol. The van der Waals surface area contributed by atoms with E-state index in [1.165, 1.54) is 37.7 Å². The van der Waals surface area contributed by atoms with Gasteiger partial charge in [-0.25, -0.2) is 14.8 Å². The Balaban J connectivity index is 1.76. The van der Waals surface area contributed by atoms with E-state index < -0.39 is 17.8 Å². The summed E-state index contributed by atoms with van der Waals surface area (Å²) < 4.78 is 49.5. The fourth-order valence-corrected chi connectivity index (χ4v) is 2.84. The number of benzene rings is 2. The van der Waals surface area contributed by atoms with Gasteiger partial charge in [-0.3, -0.25) is 0 Å². The Morgan fingerprint density at radius 2 is 1.81 bits per heavy atom. The minimum absolute atomic E-state index is 0.0283. The zero-order chi connectivity index (χ0) is 23.3. The van der Waals surface area contributed by atoms with E-state index in [1.54, 1.807) is 13.1 Å². The Hall–Kier alpha value is -3.73. The molecular formula is C20H17ClF3N5O3. The molecule has 32 heavy (non-hydrogen) atoms. The molecule has 0 bridgehead atoms. The number of hydrogen-bond acceptors (Lipinski definition) is 6. The second-order valence-electron chi connectivity index (χ2n) is 6.24. The predicted octanol–water partition coefficient (Wildman–Crippen LogP) is 5.64. The molecule has 1 heterocycles. The molecule has 3 N–H and O–H groups in total. The summed E-state index contributed by atoms with van der Waals surface area (Å²) in [7, 11) is 3.06. The van der Waals surface area contributed by atoms with Gasteiger partial charge < -0.3 is 25.4 Å². The predicted molar refractivity (Wildman–Crippen MR) is 114 cm³/mol. The van der Waals surface area contributed by atoms with Gasteiger partial charge in [-0.2, -0.15) is 13.2 Å². The van der Waals surface area contributed by atoms with Crippen LogP contribution in [-0.4, -0.2) is 30.2 Å². The fraction of sp³-hybridized carbons (Fsp3) is 0.150. The first kappa shape index (κ1) is 22.9. The molecule has 3 aromatic rings. The van der Waals surface area contributed by atoms with Crippen molar-refractivity contribution in [3.8, 4) is 17.4 Å². The van der Waals surface area contributed by atoms with Crippen LogP contribution in [-0.2, 0) is 6.18 Å². The van der Waals surface area contributed by atoms with E-state index in [4.69, 9.17) is 21.1 Å². The van der Waals surface area contributed by atoms with Crippen LogP contribution < -0.4 is 25.4 Å².